The van der Waals surface area contributed by atoms with Gasteiger partial charge in [-0.1, -0.05) is 36.4 Å². The first-order chi connectivity index (χ1) is 28.4. The highest BCUT2D eigenvalue weighted by molar-refractivity contribution is 7.17. The molecular formula is C47H54N4O7S. The minimum Gasteiger partial charge on any atom is -0.481 e. The van der Waals surface area contributed by atoms with Gasteiger partial charge in [0.1, 0.15) is 5.00 Å². The minimum absolute atomic E-state index is 0.0312. The zero-order valence-electron chi connectivity index (χ0n) is 34.2. The van der Waals surface area contributed by atoms with Crippen LogP contribution in [-0.4, -0.2) is 77.4 Å². The summed E-state index contributed by atoms with van der Waals surface area (Å²) >= 11 is 1.47. The molecule has 3 aliphatic heterocycles. The van der Waals surface area contributed by atoms with E-state index < -0.39 is 11.4 Å². The number of amides is 3. The van der Waals surface area contributed by atoms with Crippen LogP contribution in [0.3, 0.4) is 0 Å². The SMILES string of the molecule is COC(=O)c1ccc(CCc2ccc(NC(=O)c3c(NC(=O)c4cccc(CN(C(=O)CCC(C)(C)C(=O)O)[C@H]5CN6CCC5CC6)c4)sc4c3CCCC4)cc2)cc1. The van der Waals surface area contributed by atoms with Crippen LogP contribution in [0.4, 0.5) is 10.7 Å². The average Bonchev–Trinajstić information content (AvgIpc) is 3.62. The van der Waals surface area contributed by atoms with Crippen molar-refractivity contribution in [3.63, 3.8) is 0 Å². The van der Waals surface area contributed by atoms with Gasteiger partial charge in [0.25, 0.3) is 11.8 Å². The molecular weight excluding hydrogens is 765 g/mol. The van der Waals surface area contributed by atoms with Gasteiger partial charge in [0, 0.05) is 41.7 Å². The second-order valence-corrected chi connectivity index (χ2v) is 17.9. The van der Waals surface area contributed by atoms with Gasteiger partial charge in [-0.15, -0.1) is 11.3 Å². The molecule has 1 atom stereocenters. The first-order valence-corrected chi connectivity index (χ1v) is 21.6. The summed E-state index contributed by atoms with van der Waals surface area (Å²) in [6, 6.07) is 22.6. The van der Waals surface area contributed by atoms with Crippen molar-refractivity contribution < 1.29 is 33.8 Å². The molecule has 3 N–H and O–H groups in total. The van der Waals surface area contributed by atoms with Gasteiger partial charge in [0.05, 0.1) is 23.7 Å². The molecule has 2 bridgehead atoms. The van der Waals surface area contributed by atoms with Crippen molar-refractivity contribution in [2.24, 2.45) is 11.3 Å². The normalized spacial score (nSPS) is 18.4. The number of nitrogens with zero attached hydrogens (tertiary/aromatic N) is 2. The Labute approximate surface area is 350 Å². The van der Waals surface area contributed by atoms with Crippen LogP contribution in [0.5, 0.6) is 0 Å². The van der Waals surface area contributed by atoms with E-state index in [1.165, 1.54) is 18.4 Å². The molecule has 1 aliphatic carbocycles. The van der Waals surface area contributed by atoms with Gasteiger partial charge in [0.2, 0.25) is 5.91 Å². The lowest BCUT2D eigenvalue weighted by Gasteiger charge is -2.49. The highest BCUT2D eigenvalue weighted by Crippen LogP contribution is 2.39. The van der Waals surface area contributed by atoms with Crippen LogP contribution < -0.4 is 10.6 Å². The summed E-state index contributed by atoms with van der Waals surface area (Å²) in [7, 11) is 1.37. The second kappa shape index (κ2) is 18.3. The Morgan fingerprint density at radius 1 is 0.847 bits per heavy atom. The molecule has 3 saturated heterocycles. The molecule has 0 radical (unpaired) electrons. The molecule has 0 unspecified atom stereocenters. The summed E-state index contributed by atoms with van der Waals surface area (Å²) in [5.74, 6) is -1.54. The van der Waals surface area contributed by atoms with Crippen LogP contribution in [0, 0.1) is 11.3 Å². The van der Waals surface area contributed by atoms with Crippen LogP contribution in [0.2, 0.25) is 0 Å². The van der Waals surface area contributed by atoms with Gasteiger partial charge in [-0.25, -0.2) is 4.79 Å². The van der Waals surface area contributed by atoms with Crippen LogP contribution in [0.15, 0.2) is 72.8 Å². The van der Waals surface area contributed by atoms with Crippen molar-refractivity contribution in [1.82, 2.24) is 9.80 Å². The number of esters is 1. The number of hydrogen-bond acceptors (Lipinski definition) is 8. The Morgan fingerprint density at radius 3 is 2.17 bits per heavy atom. The lowest BCUT2D eigenvalue weighted by molar-refractivity contribution is -0.148. The third-order valence-corrected chi connectivity index (χ3v) is 13.5. The second-order valence-electron chi connectivity index (χ2n) is 16.8. The Bertz CT molecular complexity index is 2190. The van der Waals surface area contributed by atoms with E-state index in [4.69, 9.17) is 4.74 Å². The predicted octanol–water partition coefficient (Wildman–Crippen LogP) is 8.02. The number of benzene rings is 3. The molecule has 3 amide bonds. The number of aliphatic carboxylic acids is 1. The maximum atomic E-state index is 14.0. The van der Waals surface area contributed by atoms with Crippen molar-refractivity contribution >= 4 is 51.7 Å². The summed E-state index contributed by atoms with van der Waals surface area (Å²) in [6.45, 7) is 6.49. The van der Waals surface area contributed by atoms with Gasteiger partial charge in [-0.2, -0.15) is 0 Å². The van der Waals surface area contributed by atoms with Crippen molar-refractivity contribution in [3.8, 4) is 0 Å². The molecule has 4 heterocycles. The number of carbonyl (C=O) groups excluding carboxylic acids is 4. The molecule has 0 spiro atoms. The maximum Gasteiger partial charge on any atom is 0.337 e. The molecule has 11 nitrogen and oxygen atoms in total. The number of carboxylic acids is 1. The van der Waals surface area contributed by atoms with E-state index in [9.17, 15) is 29.1 Å². The number of piperidine rings is 3. The average molecular weight is 819 g/mol. The van der Waals surface area contributed by atoms with Crippen molar-refractivity contribution in [3.05, 3.63) is 117 Å². The molecule has 1 aromatic heterocycles. The first kappa shape index (κ1) is 41.8. The Hall–Kier alpha value is -5.33. The summed E-state index contributed by atoms with van der Waals surface area (Å²) in [4.78, 5) is 70.9. The molecule has 4 aromatic rings. The zero-order chi connectivity index (χ0) is 41.7. The number of thiophene rings is 1. The number of aryl methyl sites for hydroxylation is 3. The van der Waals surface area contributed by atoms with Crippen molar-refractivity contribution in [2.75, 3.05) is 37.4 Å². The number of ether oxygens (including phenoxy) is 1. The van der Waals surface area contributed by atoms with Crippen LogP contribution in [0.1, 0.15) is 111 Å². The number of carbonyl (C=O) groups is 5. The highest BCUT2D eigenvalue weighted by atomic mass is 32.1. The zero-order valence-corrected chi connectivity index (χ0v) is 35.0. The number of carboxylic acid groups (broad SMARTS) is 1. The Kier molecular flexibility index (Phi) is 13.0. The van der Waals surface area contributed by atoms with Crippen LogP contribution in [-0.2, 0) is 46.6 Å². The van der Waals surface area contributed by atoms with Gasteiger partial charge < -0.3 is 30.3 Å². The maximum absolute atomic E-state index is 14.0. The van der Waals surface area contributed by atoms with E-state index in [0.29, 0.717) is 39.8 Å². The van der Waals surface area contributed by atoms with Crippen molar-refractivity contribution in [2.45, 2.75) is 90.6 Å². The van der Waals surface area contributed by atoms with E-state index in [0.717, 1.165) is 98.1 Å². The fourth-order valence-electron chi connectivity index (χ4n) is 8.59. The Morgan fingerprint density at radius 2 is 1.53 bits per heavy atom. The highest BCUT2D eigenvalue weighted by Gasteiger charge is 2.40. The lowest BCUT2D eigenvalue weighted by Crippen LogP contribution is -2.58. The topological polar surface area (TPSA) is 145 Å². The molecule has 59 heavy (non-hydrogen) atoms. The van der Waals surface area contributed by atoms with Gasteiger partial charge in [-0.3, -0.25) is 19.2 Å². The predicted molar refractivity (Wildman–Crippen MR) is 229 cm³/mol. The molecule has 12 heteroatoms. The molecule has 0 saturated carbocycles. The fourth-order valence-corrected chi connectivity index (χ4v) is 9.87. The largest absolute Gasteiger partial charge is 0.481 e. The van der Waals surface area contributed by atoms with Crippen molar-refractivity contribution in [1.29, 1.82) is 0 Å². The standard InChI is InChI=1S/C47H54N4O7S/c1-47(2,46(56)57)24-21-40(52)51(38-29-50-25-22-33(38)23-26-50)28-32-7-6-8-35(27-32)42(53)49-44-41(37-9-4-5-10-39(37)59-44)43(54)48-36-19-15-31(16-20-36)12-11-30-13-17-34(18-14-30)45(55)58-3/h6-8,13-20,27,33,38H,4-5,9-12,21-26,28-29H2,1-3H3,(H,48,54)(H,49,53)(H,56,57)/t38-/m0/s1. The minimum atomic E-state index is -1.01. The van der Waals surface area contributed by atoms with Crippen LogP contribution in [0.25, 0.3) is 0 Å². The lowest BCUT2D eigenvalue weighted by atomic mass is 9.82. The van der Waals surface area contributed by atoms with E-state index in [1.807, 2.05) is 59.5 Å². The number of methoxy groups -OCH3 is 1. The van der Waals surface area contributed by atoms with E-state index in [-0.39, 0.29) is 42.6 Å². The fraction of sp³-hybridized carbons (Fsp3) is 0.426. The first-order valence-electron chi connectivity index (χ1n) is 20.8. The number of hydrogen-bond donors (Lipinski definition) is 3. The number of anilines is 2. The molecule has 3 fully saturated rings. The van der Waals surface area contributed by atoms with E-state index in [1.54, 1.807) is 32.0 Å². The van der Waals surface area contributed by atoms with E-state index in [2.05, 4.69) is 15.5 Å². The van der Waals surface area contributed by atoms with E-state index >= 15 is 0 Å². The van der Waals surface area contributed by atoms with Gasteiger partial charge >= 0.3 is 11.9 Å². The van der Waals surface area contributed by atoms with Crippen LogP contribution >= 0.6 is 11.3 Å². The summed E-state index contributed by atoms with van der Waals surface area (Å²) in [6.07, 6.45) is 7.66. The molecule has 4 aliphatic rings. The Balaban J connectivity index is 1.03. The molecule has 310 valence electrons. The third-order valence-electron chi connectivity index (χ3n) is 12.3. The van der Waals surface area contributed by atoms with Gasteiger partial charge in [-0.05, 0) is 149 Å². The number of rotatable bonds is 15. The summed E-state index contributed by atoms with van der Waals surface area (Å²) < 4.78 is 4.79. The monoisotopic (exact) mass is 818 g/mol. The molecule has 8 rings (SSSR count). The third kappa shape index (κ3) is 9.93. The molecule has 3 aromatic carbocycles. The number of fused-ring (bicyclic) bond motifs is 4. The quantitative estimate of drug-likeness (QED) is 0.102. The summed E-state index contributed by atoms with van der Waals surface area (Å²) in [5, 5.41) is 16.4. The number of nitrogens with one attached hydrogen (secondary N) is 2. The van der Waals surface area contributed by atoms with Gasteiger partial charge in [0.15, 0.2) is 0 Å². The summed E-state index contributed by atoms with van der Waals surface area (Å²) in [5.41, 5.74) is 5.15. The smallest absolute Gasteiger partial charge is 0.337 e.